The van der Waals surface area contributed by atoms with Gasteiger partial charge in [-0.2, -0.15) is 13.2 Å². The van der Waals surface area contributed by atoms with Crippen molar-refractivity contribution in [2.45, 2.75) is 44.4 Å². The lowest BCUT2D eigenvalue weighted by Crippen LogP contribution is -2.37. The largest absolute Gasteiger partial charge is 0.416 e. The molecule has 1 aliphatic rings. The summed E-state index contributed by atoms with van der Waals surface area (Å²) in [6.07, 6.45) is 0.265. The summed E-state index contributed by atoms with van der Waals surface area (Å²) in [6, 6.07) is 7.94. The van der Waals surface area contributed by atoms with Crippen LogP contribution >= 0.6 is 0 Å². The van der Waals surface area contributed by atoms with Crippen molar-refractivity contribution < 1.29 is 18.0 Å². The molecule has 31 heavy (non-hydrogen) atoms. The molecule has 6 nitrogen and oxygen atoms in total. The summed E-state index contributed by atoms with van der Waals surface area (Å²) in [6.45, 7) is 0.771. The number of carbonyl (C=O) groups is 1. The number of halogens is 3. The number of fused-ring (bicyclic) bond motifs is 1. The number of Topliss-reactive ketones (excluding diaryl/α,β-unsaturated/α-hetero) is 1. The molecule has 1 saturated heterocycles. The monoisotopic (exact) mass is 430 g/mol. The first kappa shape index (κ1) is 21.2. The van der Waals surface area contributed by atoms with E-state index in [0.29, 0.717) is 11.9 Å². The fourth-order valence-corrected chi connectivity index (χ4v) is 3.79. The predicted octanol–water partition coefficient (Wildman–Crippen LogP) is 3.58. The molecule has 1 N–H and O–H groups in total. The van der Waals surface area contributed by atoms with Crippen molar-refractivity contribution in [3.8, 4) is 11.3 Å². The Morgan fingerprint density at radius 1 is 1.19 bits per heavy atom. The molecule has 1 aromatic carbocycles. The van der Waals surface area contributed by atoms with Crippen LogP contribution in [0.3, 0.4) is 0 Å². The SMILES string of the molecule is O=C(C[C@@H]1CCCCN1)Cn1cnc2ccc(-c3cccc(C(F)(F)F)c3)nc2c1=O. The Labute approximate surface area is 176 Å². The highest BCUT2D eigenvalue weighted by Crippen LogP contribution is 2.31. The number of rotatable bonds is 5. The Balaban J connectivity index is 1.61. The molecule has 3 heterocycles. The average Bonchev–Trinajstić information content (AvgIpc) is 2.76. The molecule has 0 spiro atoms. The van der Waals surface area contributed by atoms with E-state index in [0.717, 1.165) is 37.9 Å². The normalized spacial score (nSPS) is 17.1. The molecule has 0 bridgehead atoms. The van der Waals surface area contributed by atoms with Gasteiger partial charge >= 0.3 is 6.18 Å². The van der Waals surface area contributed by atoms with Crippen LogP contribution in [0.1, 0.15) is 31.2 Å². The molecule has 3 aromatic rings. The van der Waals surface area contributed by atoms with Gasteiger partial charge in [0.1, 0.15) is 0 Å². The lowest BCUT2D eigenvalue weighted by molar-refractivity contribution is -0.137. The van der Waals surface area contributed by atoms with E-state index in [1.165, 1.54) is 35.2 Å². The highest BCUT2D eigenvalue weighted by molar-refractivity contribution is 5.80. The van der Waals surface area contributed by atoms with Crippen LogP contribution in [-0.4, -0.2) is 32.9 Å². The second-order valence-corrected chi connectivity index (χ2v) is 7.71. The maximum atomic E-state index is 13.0. The van der Waals surface area contributed by atoms with Crippen LogP contribution < -0.4 is 10.9 Å². The number of hydrogen-bond donors (Lipinski definition) is 1. The number of nitrogens with one attached hydrogen (secondary N) is 1. The summed E-state index contributed by atoms with van der Waals surface area (Å²) in [7, 11) is 0. The molecule has 9 heteroatoms. The van der Waals surface area contributed by atoms with E-state index in [1.807, 2.05) is 0 Å². The lowest BCUT2D eigenvalue weighted by Gasteiger charge is -2.22. The maximum absolute atomic E-state index is 13.0. The van der Waals surface area contributed by atoms with Crippen LogP contribution in [0.15, 0.2) is 47.5 Å². The quantitative estimate of drug-likeness (QED) is 0.670. The van der Waals surface area contributed by atoms with Crippen LogP contribution in [0, 0.1) is 0 Å². The Kier molecular flexibility index (Phi) is 5.86. The number of ketones is 1. The number of hydrogen-bond acceptors (Lipinski definition) is 5. The molecule has 1 fully saturated rings. The zero-order valence-corrected chi connectivity index (χ0v) is 16.7. The second-order valence-electron chi connectivity index (χ2n) is 7.71. The lowest BCUT2D eigenvalue weighted by atomic mass is 10.00. The van der Waals surface area contributed by atoms with Gasteiger partial charge in [0.2, 0.25) is 0 Å². The number of piperidine rings is 1. The van der Waals surface area contributed by atoms with Crippen molar-refractivity contribution in [3.63, 3.8) is 0 Å². The highest BCUT2D eigenvalue weighted by Gasteiger charge is 2.30. The minimum Gasteiger partial charge on any atom is -0.314 e. The fraction of sp³-hybridized carbons (Fsp3) is 0.364. The third-order valence-electron chi connectivity index (χ3n) is 5.39. The Hall–Kier alpha value is -3.07. The third kappa shape index (κ3) is 4.82. The first-order chi connectivity index (χ1) is 14.8. The summed E-state index contributed by atoms with van der Waals surface area (Å²) < 4.78 is 40.3. The molecule has 0 saturated carbocycles. The van der Waals surface area contributed by atoms with Crippen LogP contribution in [0.2, 0.25) is 0 Å². The minimum atomic E-state index is -4.48. The molecule has 0 unspecified atom stereocenters. The first-order valence-electron chi connectivity index (χ1n) is 10.1. The van der Waals surface area contributed by atoms with E-state index in [-0.39, 0.29) is 35.1 Å². The summed E-state index contributed by atoms with van der Waals surface area (Å²) >= 11 is 0. The summed E-state index contributed by atoms with van der Waals surface area (Å²) in [4.78, 5) is 33.8. The van der Waals surface area contributed by atoms with Crippen molar-refractivity contribution in [2.24, 2.45) is 0 Å². The van der Waals surface area contributed by atoms with Gasteiger partial charge in [-0.05, 0) is 43.7 Å². The van der Waals surface area contributed by atoms with E-state index < -0.39 is 17.3 Å². The fourth-order valence-electron chi connectivity index (χ4n) is 3.79. The molecule has 162 valence electrons. The van der Waals surface area contributed by atoms with Gasteiger partial charge in [0.15, 0.2) is 11.3 Å². The molecular formula is C22H21F3N4O2. The summed E-state index contributed by atoms with van der Waals surface area (Å²) in [5.74, 6) is -0.0864. The van der Waals surface area contributed by atoms with E-state index >= 15 is 0 Å². The van der Waals surface area contributed by atoms with Gasteiger partial charge in [-0.1, -0.05) is 18.6 Å². The van der Waals surface area contributed by atoms with Crippen LogP contribution in [0.25, 0.3) is 22.3 Å². The molecule has 0 amide bonds. The highest BCUT2D eigenvalue weighted by atomic mass is 19.4. The number of aromatic nitrogens is 3. The van der Waals surface area contributed by atoms with Gasteiger partial charge in [-0.25, -0.2) is 9.97 Å². The van der Waals surface area contributed by atoms with Crippen LogP contribution in [0.4, 0.5) is 13.2 Å². The van der Waals surface area contributed by atoms with E-state index in [2.05, 4.69) is 15.3 Å². The number of alkyl halides is 3. The number of carbonyl (C=O) groups excluding carboxylic acids is 1. The standard InChI is InChI=1S/C22H21F3N4O2/c23-22(24,25)15-5-3-4-14(10-15)18-7-8-19-20(28-18)21(31)29(13-27-19)12-17(30)11-16-6-1-2-9-26-16/h3-5,7-8,10,13,16,26H,1-2,6,9,11-12H2/t16-/m0/s1. The zero-order chi connectivity index (χ0) is 22.0. The van der Waals surface area contributed by atoms with Crippen molar-refractivity contribution in [2.75, 3.05) is 6.54 Å². The van der Waals surface area contributed by atoms with Gasteiger partial charge < -0.3 is 5.32 Å². The third-order valence-corrected chi connectivity index (χ3v) is 5.39. The van der Waals surface area contributed by atoms with Gasteiger partial charge in [-0.15, -0.1) is 0 Å². The number of nitrogens with zero attached hydrogens (tertiary/aromatic N) is 3. The summed E-state index contributed by atoms with van der Waals surface area (Å²) in [5.41, 5.74) is -0.487. The first-order valence-corrected chi connectivity index (χ1v) is 10.1. The average molecular weight is 430 g/mol. The predicted molar refractivity (Wildman–Crippen MR) is 110 cm³/mol. The van der Waals surface area contributed by atoms with Gasteiger partial charge in [0, 0.05) is 18.0 Å². The smallest absolute Gasteiger partial charge is 0.314 e. The Morgan fingerprint density at radius 2 is 2.03 bits per heavy atom. The number of pyridine rings is 1. The van der Waals surface area contributed by atoms with E-state index in [9.17, 15) is 22.8 Å². The zero-order valence-electron chi connectivity index (χ0n) is 16.7. The minimum absolute atomic E-state index is 0.0148. The van der Waals surface area contributed by atoms with Gasteiger partial charge in [-0.3, -0.25) is 14.2 Å². The van der Waals surface area contributed by atoms with E-state index in [1.54, 1.807) is 0 Å². The van der Waals surface area contributed by atoms with Crippen LogP contribution in [0.5, 0.6) is 0 Å². The van der Waals surface area contributed by atoms with Gasteiger partial charge in [0.05, 0.1) is 29.6 Å². The topological polar surface area (TPSA) is 76.9 Å². The molecular weight excluding hydrogens is 409 g/mol. The molecule has 2 aromatic heterocycles. The molecule has 0 aliphatic carbocycles. The molecule has 1 aliphatic heterocycles. The van der Waals surface area contributed by atoms with Gasteiger partial charge in [0.25, 0.3) is 5.56 Å². The molecule has 4 rings (SSSR count). The Morgan fingerprint density at radius 3 is 2.77 bits per heavy atom. The molecule has 1 atom stereocenters. The van der Waals surface area contributed by atoms with Crippen LogP contribution in [-0.2, 0) is 17.5 Å². The number of benzene rings is 1. The van der Waals surface area contributed by atoms with Crippen molar-refractivity contribution in [3.05, 3.63) is 58.6 Å². The van der Waals surface area contributed by atoms with Crippen molar-refractivity contribution >= 4 is 16.8 Å². The molecule has 0 radical (unpaired) electrons. The maximum Gasteiger partial charge on any atom is 0.416 e. The van der Waals surface area contributed by atoms with Crippen molar-refractivity contribution in [1.29, 1.82) is 0 Å². The second kappa shape index (κ2) is 8.58. The summed E-state index contributed by atoms with van der Waals surface area (Å²) in [5, 5.41) is 3.30. The Bertz CT molecular complexity index is 1170. The van der Waals surface area contributed by atoms with E-state index in [4.69, 9.17) is 0 Å². The van der Waals surface area contributed by atoms with Crippen molar-refractivity contribution in [1.82, 2.24) is 19.9 Å².